The Morgan fingerprint density at radius 3 is 3.07 bits per heavy atom. The lowest BCUT2D eigenvalue weighted by molar-refractivity contribution is 0.122. The first kappa shape index (κ1) is 9.71. The molecule has 1 aromatic rings. The van der Waals surface area contributed by atoms with Crippen molar-refractivity contribution < 1.29 is 9.53 Å². The Morgan fingerprint density at radius 1 is 1.53 bits per heavy atom. The minimum Gasteiger partial charge on any atom is -0.451 e. The summed E-state index contributed by atoms with van der Waals surface area (Å²) in [5, 5.41) is 5.31. The number of hydrogen-bond acceptors (Lipinski definition) is 3. The Bertz CT molecular complexity index is 427. The summed E-state index contributed by atoms with van der Waals surface area (Å²) in [6.07, 6.45) is 1.24. The molecule has 2 rings (SSSR count). The largest absolute Gasteiger partial charge is 0.451 e. The number of amides is 1. The summed E-state index contributed by atoms with van der Waals surface area (Å²) in [5.74, 6) is 0. The molecule has 0 spiro atoms. The molecule has 0 unspecified atom stereocenters. The maximum Gasteiger partial charge on any atom is 0.430 e. The molecule has 1 aliphatic heterocycles. The summed E-state index contributed by atoms with van der Waals surface area (Å²) < 4.78 is 4.61. The fourth-order valence-corrected chi connectivity index (χ4v) is 1.55. The van der Waals surface area contributed by atoms with Gasteiger partial charge in [-0.3, -0.25) is 0 Å². The second-order valence-corrected chi connectivity index (χ2v) is 3.47. The van der Waals surface area contributed by atoms with Crippen LogP contribution in [0.1, 0.15) is 16.7 Å². The molecule has 0 bridgehead atoms. The van der Waals surface area contributed by atoms with E-state index in [4.69, 9.17) is 0 Å². The SMILES string of the molecule is COC(=O)N1Cc2cc(C)ccc2C=N1. The van der Waals surface area contributed by atoms with Gasteiger partial charge in [0.15, 0.2) is 0 Å². The van der Waals surface area contributed by atoms with Crippen LogP contribution in [0, 0.1) is 6.92 Å². The quantitative estimate of drug-likeness (QED) is 0.647. The molecule has 15 heavy (non-hydrogen) atoms. The van der Waals surface area contributed by atoms with Gasteiger partial charge in [-0.15, -0.1) is 0 Å². The molecule has 1 heterocycles. The van der Waals surface area contributed by atoms with Gasteiger partial charge < -0.3 is 4.74 Å². The number of carbonyl (C=O) groups excluding carboxylic acids is 1. The molecule has 0 aromatic heterocycles. The van der Waals surface area contributed by atoms with Crippen LogP contribution in [0.25, 0.3) is 0 Å². The molecule has 0 radical (unpaired) electrons. The van der Waals surface area contributed by atoms with Gasteiger partial charge in [0, 0.05) is 0 Å². The average Bonchev–Trinajstić information content (AvgIpc) is 2.27. The van der Waals surface area contributed by atoms with Crippen molar-refractivity contribution in [2.75, 3.05) is 7.11 Å². The predicted octanol–water partition coefficient (Wildman–Crippen LogP) is 1.91. The topological polar surface area (TPSA) is 41.9 Å². The molecule has 78 valence electrons. The van der Waals surface area contributed by atoms with Gasteiger partial charge in [-0.1, -0.05) is 23.8 Å². The normalized spacial score (nSPS) is 13.6. The highest BCUT2D eigenvalue weighted by Gasteiger charge is 2.18. The van der Waals surface area contributed by atoms with Crippen LogP contribution in [0.5, 0.6) is 0 Å². The van der Waals surface area contributed by atoms with Gasteiger partial charge >= 0.3 is 6.09 Å². The highest BCUT2D eigenvalue weighted by Crippen LogP contribution is 2.17. The first-order valence-corrected chi connectivity index (χ1v) is 4.69. The van der Waals surface area contributed by atoms with Gasteiger partial charge in [-0.05, 0) is 18.1 Å². The Balaban J connectivity index is 2.29. The number of nitrogens with zero attached hydrogens (tertiary/aromatic N) is 2. The van der Waals surface area contributed by atoms with E-state index in [1.54, 1.807) is 6.21 Å². The highest BCUT2D eigenvalue weighted by atomic mass is 16.5. The predicted molar refractivity (Wildman–Crippen MR) is 56.7 cm³/mol. The molecule has 4 nitrogen and oxygen atoms in total. The molecule has 0 saturated carbocycles. The second kappa shape index (κ2) is 3.73. The van der Waals surface area contributed by atoms with Gasteiger partial charge in [-0.25, -0.2) is 4.79 Å². The summed E-state index contributed by atoms with van der Waals surface area (Å²) in [6, 6.07) is 6.08. The third kappa shape index (κ3) is 1.83. The van der Waals surface area contributed by atoms with Crippen LogP contribution in [0.3, 0.4) is 0 Å². The van der Waals surface area contributed by atoms with Crippen LogP contribution in [0.2, 0.25) is 0 Å². The van der Waals surface area contributed by atoms with Gasteiger partial charge in [0.2, 0.25) is 0 Å². The first-order valence-electron chi connectivity index (χ1n) is 4.69. The molecule has 1 aromatic carbocycles. The minimum absolute atomic E-state index is 0.432. The monoisotopic (exact) mass is 204 g/mol. The van der Waals surface area contributed by atoms with Crippen LogP contribution >= 0.6 is 0 Å². The van der Waals surface area contributed by atoms with Crippen molar-refractivity contribution in [1.29, 1.82) is 0 Å². The molecule has 0 fully saturated rings. The second-order valence-electron chi connectivity index (χ2n) is 3.47. The number of carbonyl (C=O) groups is 1. The van der Waals surface area contributed by atoms with Crippen molar-refractivity contribution in [3.63, 3.8) is 0 Å². The standard InChI is InChI=1S/C11H12N2O2/c1-8-3-4-9-6-12-13(11(14)15-2)7-10(9)5-8/h3-6H,7H2,1-2H3. The zero-order valence-corrected chi connectivity index (χ0v) is 8.73. The Kier molecular flexibility index (Phi) is 2.41. The van der Waals surface area contributed by atoms with Crippen LogP contribution in [0.4, 0.5) is 4.79 Å². The molecule has 0 saturated heterocycles. The van der Waals surface area contributed by atoms with Crippen molar-refractivity contribution in [2.45, 2.75) is 13.5 Å². The fourth-order valence-electron chi connectivity index (χ4n) is 1.55. The smallest absolute Gasteiger partial charge is 0.430 e. The third-order valence-corrected chi connectivity index (χ3v) is 2.34. The lowest BCUT2D eigenvalue weighted by Crippen LogP contribution is -2.28. The first-order chi connectivity index (χ1) is 7.20. The Hall–Kier alpha value is -1.84. The lowest BCUT2D eigenvalue weighted by atomic mass is 10.0. The van der Waals surface area contributed by atoms with Crippen molar-refractivity contribution >= 4 is 12.3 Å². The van der Waals surface area contributed by atoms with Crippen molar-refractivity contribution in [3.05, 3.63) is 34.9 Å². The molecule has 0 N–H and O–H groups in total. The van der Waals surface area contributed by atoms with Gasteiger partial charge in [0.05, 0.1) is 19.9 Å². The van der Waals surface area contributed by atoms with E-state index in [1.165, 1.54) is 17.7 Å². The van der Waals surface area contributed by atoms with E-state index in [0.717, 1.165) is 11.1 Å². The van der Waals surface area contributed by atoms with E-state index in [1.807, 2.05) is 19.1 Å². The lowest BCUT2D eigenvalue weighted by Gasteiger charge is -2.20. The number of ether oxygens (including phenoxy) is 1. The number of fused-ring (bicyclic) bond motifs is 1. The van der Waals surface area contributed by atoms with Crippen molar-refractivity contribution in [2.24, 2.45) is 5.10 Å². The number of rotatable bonds is 0. The molecule has 1 aliphatic rings. The van der Waals surface area contributed by atoms with Crippen molar-refractivity contribution in [1.82, 2.24) is 5.01 Å². The number of aryl methyl sites for hydroxylation is 1. The molecule has 0 aliphatic carbocycles. The van der Waals surface area contributed by atoms with E-state index in [2.05, 4.69) is 15.9 Å². The third-order valence-electron chi connectivity index (χ3n) is 2.34. The summed E-state index contributed by atoms with van der Waals surface area (Å²) >= 11 is 0. The molecule has 0 atom stereocenters. The number of hydrogen-bond donors (Lipinski definition) is 0. The van der Waals surface area contributed by atoms with Gasteiger partial charge in [-0.2, -0.15) is 10.1 Å². The fraction of sp³-hybridized carbons (Fsp3) is 0.273. The number of methoxy groups -OCH3 is 1. The molecular formula is C11H12N2O2. The summed E-state index contributed by atoms with van der Waals surface area (Å²) in [4.78, 5) is 11.3. The van der Waals surface area contributed by atoms with E-state index < -0.39 is 6.09 Å². The minimum atomic E-state index is -0.432. The summed E-state index contributed by atoms with van der Waals surface area (Å²) in [5.41, 5.74) is 3.32. The van der Waals surface area contributed by atoms with E-state index in [-0.39, 0.29) is 0 Å². The zero-order valence-electron chi connectivity index (χ0n) is 8.73. The molecule has 4 heteroatoms. The van der Waals surface area contributed by atoms with Crippen molar-refractivity contribution in [3.8, 4) is 0 Å². The Labute approximate surface area is 88.2 Å². The summed E-state index contributed by atoms with van der Waals surface area (Å²) in [7, 11) is 1.35. The zero-order chi connectivity index (χ0) is 10.8. The molecule has 1 amide bonds. The van der Waals surface area contributed by atoms with Gasteiger partial charge in [0.1, 0.15) is 0 Å². The van der Waals surface area contributed by atoms with E-state index in [9.17, 15) is 4.79 Å². The molecular weight excluding hydrogens is 192 g/mol. The van der Waals surface area contributed by atoms with Crippen LogP contribution in [-0.2, 0) is 11.3 Å². The summed E-state index contributed by atoms with van der Waals surface area (Å²) in [6.45, 7) is 2.49. The van der Waals surface area contributed by atoms with Crippen LogP contribution in [0.15, 0.2) is 23.3 Å². The highest BCUT2D eigenvalue weighted by molar-refractivity contribution is 5.84. The maximum absolute atomic E-state index is 11.3. The maximum atomic E-state index is 11.3. The van der Waals surface area contributed by atoms with Crippen LogP contribution in [-0.4, -0.2) is 24.4 Å². The van der Waals surface area contributed by atoms with Gasteiger partial charge in [0.25, 0.3) is 0 Å². The average molecular weight is 204 g/mol. The Morgan fingerprint density at radius 2 is 2.33 bits per heavy atom. The van der Waals surface area contributed by atoms with E-state index in [0.29, 0.717) is 6.54 Å². The number of hydrazone groups is 1. The van der Waals surface area contributed by atoms with Crippen LogP contribution < -0.4 is 0 Å². The van der Waals surface area contributed by atoms with E-state index >= 15 is 0 Å². The number of benzene rings is 1.